The van der Waals surface area contributed by atoms with E-state index in [-0.39, 0.29) is 5.91 Å². The molecule has 0 spiro atoms. The van der Waals surface area contributed by atoms with Crippen molar-refractivity contribution in [2.45, 2.75) is 58.3 Å². The minimum absolute atomic E-state index is 0.0567. The molecule has 1 heterocycles. The van der Waals surface area contributed by atoms with Gasteiger partial charge in [0.15, 0.2) is 0 Å². The van der Waals surface area contributed by atoms with Crippen LogP contribution in [0, 0.1) is 6.92 Å². The van der Waals surface area contributed by atoms with E-state index in [9.17, 15) is 4.79 Å². The lowest BCUT2D eigenvalue weighted by Gasteiger charge is -2.28. The fourth-order valence-electron chi connectivity index (χ4n) is 4.34. The van der Waals surface area contributed by atoms with E-state index >= 15 is 0 Å². The smallest absolute Gasteiger partial charge is 0.256 e. The molecule has 3 rings (SSSR count). The maximum atomic E-state index is 13.4. The Morgan fingerprint density at radius 2 is 1.73 bits per heavy atom. The summed E-state index contributed by atoms with van der Waals surface area (Å²) in [6.07, 6.45) is 2.73. The number of carbonyl (C=O) groups excluding carboxylic acids is 1. The first-order chi connectivity index (χ1) is 14.4. The summed E-state index contributed by atoms with van der Waals surface area (Å²) in [6.45, 7) is 9.04. The van der Waals surface area contributed by atoms with Crippen molar-refractivity contribution < 1.29 is 4.79 Å². The molecule has 0 aliphatic heterocycles. The van der Waals surface area contributed by atoms with E-state index in [4.69, 9.17) is 0 Å². The lowest BCUT2D eigenvalue weighted by atomic mass is 9.99. The van der Waals surface area contributed by atoms with Crippen molar-refractivity contribution in [3.05, 3.63) is 69.8 Å². The molecule has 0 unspecified atom stereocenters. The number of para-hydroxylation sites is 1. The van der Waals surface area contributed by atoms with E-state index in [1.807, 2.05) is 37.3 Å². The molecule has 0 atom stereocenters. The van der Waals surface area contributed by atoms with E-state index in [0.717, 1.165) is 44.2 Å². The van der Waals surface area contributed by atoms with Crippen molar-refractivity contribution in [3.8, 4) is 0 Å². The van der Waals surface area contributed by atoms with Gasteiger partial charge < -0.3 is 5.32 Å². The summed E-state index contributed by atoms with van der Waals surface area (Å²) in [6, 6.07) is 19.2. The van der Waals surface area contributed by atoms with Crippen LogP contribution in [0.2, 0.25) is 24.2 Å². The monoisotopic (exact) mass is 482 g/mol. The molecular weight excluding hydrogens is 452 g/mol. The zero-order chi connectivity index (χ0) is 21.7. The number of hydrogen-bond acceptors (Lipinski definition) is 2. The number of halogens is 1. The van der Waals surface area contributed by atoms with E-state index in [1.165, 1.54) is 24.2 Å². The summed E-state index contributed by atoms with van der Waals surface area (Å²) in [5.41, 5.74) is 4.51. The molecule has 0 aliphatic carbocycles. The van der Waals surface area contributed by atoms with Crippen LogP contribution in [-0.4, -0.2) is 19.0 Å². The lowest BCUT2D eigenvalue weighted by molar-refractivity contribution is 0.102. The van der Waals surface area contributed by atoms with Gasteiger partial charge in [0.2, 0.25) is 0 Å². The Balaban J connectivity index is 1.94. The predicted octanol–water partition coefficient (Wildman–Crippen LogP) is 7.61. The summed E-state index contributed by atoms with van der Waals surface area (Å²) in [7, 11) is -1.25. The van der Waals surface area contributed by atoms with Crippen molar-refractivity contribution in [3.63, 3.8) is 0 Å². The van der Waals surface area contributed by atoms with Crippen LogP contribution in [0.15, 0.2) is 53.1 Å². The van der Waals surface area contributed by atoms with Crippen LogP contribution in [-0.2, 0) is 6.42 Å². The second-order valence-corrected chi connectivity index (χ2v) is 14.6. The standard InChI is InChI=1S/C25H31BrN2OSi/c1-5-30(6-2,7-3)17-15-19-13-14-21(26)18(4)23(19)25(29)28-22-12-8-10-20-11-9-16-27-24(20)22/h8-14,16H,5-7,15,17H2,1-4H3,(H,28,29). The quantitative estimate of drug-likeness (QED) is 0.335. The van der Waals surface area contributed by atoms with Gasteiger partial charge in [-0.05, 0) is 42.7 Å². The van der Waals surface area contributed by atoms with Gasteiger partial charge in [-0.15, -0.1) is 0 Å². The number of fused-ring (bicyclic) bond motifs is 1. The average molecular weight is 484 g/mol. The lowest BCUT2D eigenvalue weighted by Crippen LogP contribution is -2.32. The Kier molecular flexibility index (Phi) is 7.48. The third-order valence-corrected chi connectivity index (χ3v) is 13.4. The molecule has 0 aliphatic rings. The van der Waals surface area contributed by atoms with Crippen LogP contribution >= 0.6 is 15.9 Å². The van der Waals surface area contributed by atoms with E-state index in [2.05, 4.69) is 59.1 Å². The van der Waals surface area contributed by atoms with E-state index in [1.54, 1.807) is 6.20 Å². The van der Waals surface area contributed by atoms with E-state index < -0.39 is 8.07 Å². The Bertz CT molecular complexity index is 1030. The Labute approximate surface area is 189 Å². The zero-order valence-corrected chi connectivity index (χ0v) is 21.0. The van der Waals surface area contributed by atoms with Crippen LogP contribution in [0.5, 0.6) is 0 Å². The van der Waals surface area contributed by atoms with Gasteiger partial charge in [0.1, 0.15) is 0 Å². The van der Waals surface area contributed by atoms with Crippen molar-refractivity contribution in [1.29, 1.82) is 0 Å². The molecule has 3 nitrogen and oxygen atoms in total. The molecule has 1 N–H and O–H groups in total. The predicted molar refractivity (Wildman–Crippen MR) is 134 cm³/mol. The van der Waals surface area contributed by atoms with Gasteiger partial charge in [0.05, 0.1) is 19.3 Å². The van der Waals surface area contributed by atoms with Crippen molar-refractivity contribution in [2.24, 2.45) is 0 Å². The summed E-state index contributed by atoms with van der Waals surface area (Å²) < 4.78 is 0.970. The largest absolute Gasteiger partial charge is 0.320 e. The van der Waals surface area contributed by atoms with Crippen LogP contribution in [0.4, 0.5) is 5.69 Å². The third kappa shape index (κ3) is 4.67. The number of aromatic nitrogens is 1. The minimum atomic E-state index is -1.25. The molecule has 0 bridgehead atoms. The molecule has 2 aromatic carbocycles. The second-order valence-electron chi connectivity index (χ2n) is 8.10. The highest BCUT2D eigenvalue weighted by atomic mass is 79.9. The molecular formula is C25H31BrN2OSi. The molecule has 1 aromatic heterocycles. The molecule has 0 saturated heterocycles. The Morgan fingerprint density at radius 3 is 2.43 bits per heavy atom. The zero-order valence-electron chi connectivity index (χ0n) is 18.4. The Morgan fingerprint density at radius 1 is 1.03 bits per heavy atom. The topological polar surface area (TPSA) is 42.0 Å². The fraction of sp³-hybridized carbons (Fsp3) is 0.360. The van der Waals surface area contributed by atoms with Gasteiger partial charge in [0, 0.05) is 21.6 Å². The van der Waals surface area contributed by atoms with Crippen LogP contribution in [0.1, 0.15) is 42.3 Å². The SMILES string of the molecule is CC[Si](CC)(CC)CCc1ccc(Br)c(C)c1C(=O)Nc1cccc2cccnc12. The van der Waals surface area contributed by atoms with Crippen LogP contribution in [0.3, 0.4) is 0 Å². The van der Waals surface area contributed by atoms with Gasteiger partial charge in [0.25, 0.3) is 5.91 Å². The molecule has 158 valence electrons. The number of hydrogen-bond donors (Lipinski definition) is 1. The highest BCUT2D eigenvalue weighted by molar-refractivity contribution is 9.10. The average Bonchev–Trinajstić information content (AvgIpc) is 2.77. The minimum Gasteiger partial charge on any atom is -0.320 e. The molecule has 30 heavy (non-hydrogen) atoms. The van der Waals surface area contributed by atoms with E-state index in [0.29, 0.717) is 0 Å². The third-order valence-electron chi connectivity index (χ3n) is 6.77. The van der Waals surface area contributed by atoms with Gasteiger partial charge in [-0.1, -0.05) is 85.1 Å². The molecule has 0 saturated carbocycles. The Hall–Kier alpha value is -1.98. The number of aryl methyl sites for hydroxylation is 1. The number of benzene rings is 2. The first-order valence-corrected chi connectivity index (χ1v) is 14.5. The first-order valence-electron chi connectivity index (χ1n) is 10.9. The van der Waals surface area contributed by atoms with Gasteiger partial charge in [-0.3, -0.25) is 9.78 Å². The van der Waals surface area contributed by atoms with Crippen molar-refractivity contribution >= 4 is 46.5 Å². The highest BCUT2D eigenvalue weighted by Gasteiger charge is 2.27. The fourth-order valence-corrected chi connectivity index (χ4v) is 8.03. The maximum Gasteiger partial charge on any atom is 0.256 e. The number of amides is 1. The number of rotatable bonds is 8. The van der Waals surface area contributed by atoms with Gasteiger partial charge >= 0.3 is 0 Å². The number of pyridine rings is 1. The number of nitrogens with zero attached hydrogens (tertiary/aromatic N) is 1. The molecule has 0 radical (unpaired) electrons. The number of anilines is 1. The summed E-state index contributed by atoms with van der Waals surface area (Å²) in [4.78, 5) is 17.9. The van der Waals surface area contributed by atoms with Gasteiger partial charge in [-0.2, -0.15) is 0 Å². The van der Waals surface area contributed by atoms with Crippen molar-refractivity contribution in [1.82, 2.24) is 4.98 Å². The second kappa shape index (κ2) is 9.88. The molecule has 0 fully saturated rings. The van der Waals surface area contributed by atoms with Crippen molar-refractivity contribution in [2.75, 3.05) is 5.32 Å². The molecule has 3 aromatic rings. The normalized spacial score (nSPS) is 11.6. The van der Waals surface area contributed by atoms with Gasteiger partial charge in [-0.25, -0.2) is 0 Å². The summed E-state index contributed by atoms with van der Waals surface area (Å²) >= 11 is 3.62. The number of nitrogens with one attached hydrogen (secondary N) is 1. The highest BCUT2D eigenvalue weighted by Crippen LogP contribution is 2.31. The first kappa shape index (κ1) is 22.7. The summed E-state index contributed by atoms with van der Waals surface area (Å²) in [5.74, 6) is -0.0567. The maximum absolute atomic E-state index is 13.4. The van der Waals surface area contributed by atoms with Crippen LogP contribution in [0.25, 0.3) is 10.9 Å². The summed E-state index contributed by atoms with van der Waals surface area (Å²) in [5, 5.41) is 4.16. The number of carbonyl (C=O) groups is 1. The molecule has 1 amide bonds. The van der Waals surface area contributed by atoms with Crippen LogP contribution < -0.4 is 5.32 Å². The molecule has 5 heteroatoms.